The summed E-state index contributed by atoms with van der Waals surface area (Å²) in [4.78, 5) is 19.8. The Balaban J connectivity index is 4.17. The minimum Gasteiger partial charge on any atom is -0.477 e. The van der Waals surface area contributed by atoms with E-state index in [0.29, 0.717) is 6.08 Å². The number of carboxylic acid groups (broad SMARTS) is 1. The predicted octanol–water partition coefficient (Wildman–Crippen LogP) is -1.60. The topological polar surface area (TPSA) is 106 Å². The molecule has 0 aliphatic carbocycles. The van der Waals surface area contributed by atoms with E-state index in [-0.39, 0.29) is 0 Å². The first-order chi connectivity index (χ1) is 4.04. The quantitative estimate of drug-likeness (QED) is 0.391. The lowest BCUT2D eigenvalue weighted by Crippen LogP contribution is -2.15. The summed E-state index contributed by atoms with van der Waals surface area (Å²) in [6, 6.07) is 0. The molecule has 0 saturated heterocycles. The smallest absolute Gasteiger partial charge is 0.351 e. The third-order valence-electron chi connectivity index (χ3n) is 0.545. The molecule has 0 aromatic carbocycles. The van der Waals surface area contributed by atoms with Crippen LogP contribution in [0.1, 0.15) is 0 Å². The molecule has 5 N–H and O–H groups in total. The summed E-state index contributed by atoms with van der Waals surface area (Å²) in [5.41, 5.74) is 8.80. The second-order valence-corrected chi connectivity index (χ2v) is 1.31. The molecule has 0 heterocycles. The Kier molecular flexibility index (Phi) is 2.25. The summed E-state index contributed by atoms with van der Waals surface area (Å²) in [5, 5.41) is 8.03. The molecule has 9 heavy (non-hydrogen) atoms. The first kappa shape index (κ1) is 7.48. The lowest BCUT2D eigenvalue weighted by atomic mass is 10.4. The van der Waals surface area contributed by atoms with Crippen molar-refractivity contribution in [2.75, 3.05) is 0 Å². The van der Waals surface area contributed by atoms with E-state index in [0.717, 1.165) is 0 Å². The highest BCUT2D eigenvalue weighted by atomic mass is 16.4. The summed E-state index contributed by atoms with van der Waals surface area (Å²) in [6.07, 6.45) is 0.641. The first-order valence-corrected chi connectivity index (χ1v) is 2.04. The maximum atomic E-state index is 9.92. The SMILES string of the molecule is NC(=O)/C=C(/N)C(=O)O. The van der Waals surface area contributed by atoms with E-state index in [1.807, 2.05) is 0 Å². The first-order valence-electron chi connectivity index (χ1n) is 2.04. The third kappa shape index (κ3) is 3.10. The third-order valence-corrected chi connectivity index (χ3v) is 0.545. The van der Waals surface area contributed by atoms with Crippen molar-refractivity contribution in [3.63, 3.8) is 0 Å². The normalized spacial score (nSPS) is 10.9. The molecule has 0 fully saturated rings. The van der Waals surface area contributed by atoms with Crippen LogP contribution in [0.4, 0.5) is 0 Å². The molecule has 0 spiro atoms. The fraction of sp³-hybridized carbons (Fsp3) is 0. The van der Waals surface area contributed by atoms with Gasteiger partial charge < -0.3 is 16.6 Å². The van der Waals surface area contributed by atoms with Gasteiger partial charge in [-0.2, -0.15) is 0 Å². The van der Waals surface area contributed by atoms with Gasteiger partial charge in [0.25, 0.3) is 0 Å². The van der Waals surface area contributed by atoms with E-state index in [9.17, 15) is 9.59 Å². The summed E-state index contributed by atoms with van der Waals surface area (Å²) in [6.45, 7) is 0. The van der Waals surface area contributed by atoms with Crippen LogP contribution >= 0.6 is 0 Å². The molecule has 0 unspecified atom stereocenters. The number of carbonyl (C=O) groups is 2. The zero-order valence-electron chi connectivity index (χ0n) is 4.50. The fourth-order valence-corrected chi connectivity index (χ4v) is 0.215. The minimum absolute atomic E-state index is 0.553. The van der Waals surface area contributed by atoms with Gasteiger partial charge in [0, 0.05) is 6.08 Å². The molecule has 1 amide bonds. The largest absolute Gasteiger partial charge is 0.477 e. The van der Waals surface area contributed by atoms with Crippen LogP contribution in [0.5, 0.6) is 0 Å². The van der Waals surface area contributed by atoms with Crippen molar-refractivity contribution in [1.82, 2.24) is 0 Å². The molecule has 0 radical (unpaired) electrons. The number of amides is 1. The highest BCUT2D eigenvalue weighted by molar-refractivity contribution is 5.96. The van der Waals surface area contributed by atoms with Gasteiger partial charge in [-0.05, 0) is 0 Å². The maximum absolute atomic E-state index is 9.92. The number of nitrogens with two attached hydrogens (primary N) is 2. The number of hydrogen-bond donors (Lipinski definition) is 3. The van der Waals surface area contributed by atoms with Crippen molar-refractivity contribution in [3.05, 3.63) is 11.8 Å². The molecule has 0 rings (SSSR count). The maximum Gasteiger partial charge on any atom is 0.351 e. The fourth-order valence-electron chi connectivity index (χ4n) is 0.215. The molecule has 5 heteroatoms. The van der Waals surface area contributed by atoms with Gasteiger partial charge in [0.15, 0.2) is 0 Å². The van der Waals surface area contributed by atoms with Crippen LogP contribution in [-0.4, -0.2) is 17.0 Å². The average Bonchev–Trinajstić information content (AvgIpc) is 1.63. The predicted molar refractivity (Wildman–Crippen MR) is 29.1 cm³/mol. The molecule has 0 aliphatic rings. The molecule has 0 aliphatic heterocycles. The Morgan fingerprint density at radius 3 is 1.89 bits per heavy atom. The summed E-state index contributed by atoms with van der Waals surface area (Å²) in [5.74, 6) is -2.22. The molecule has 0 saturated carbocycles. The van der Waals surface area contributed by atoms with Crippen molar-refractivity contribution in [2.24, 2.45) is 11.5 Å². The second kappa shape index (κ2) is 2.71. The number of primary amides is 1. The number of rotatable bonds is 2. The molecular formula is C4H6N2O3. The molecule has 5 nitrogen and oxygen atoms in total. The highest BCUT2D eigenvalue weighted by Gasteiger charge is 2.00. The van der Waals surface area contributed by atoms with Crippen LogP contribution in [0, 0.1) is 0 Å². The van der Waals surface area contributed by atoms with Crippen molar-refractivity contribution in [3.8, 4) is 0 Å². The van der Waals surface area contributed by atoms with E-state index >= 15 is 0 Å². The zero-order chi connectivity index (χ0) is 7.44. The van der Waals surface area contributed by atoms with Crippen molar-refractivity contribution in [1.29, 1.82) is 0 Å². The average molecular weight is 130 g/mol. The Morgan fingerprint density at radius 2 is 1.78 bits per heavy atom. The second-order valence-electron chi connectivity index (χ2n) is 1.31. The van der Waals surface area contributed by atoms with Gasteiger partial charge >= 0.3 is 5.97 Å². The van der Waals surface area contributed by atoms with Gasteiger partial charge in [-0.15, -0.1) is 0 Å². The molecule has 0 aromatic heterocycles. The Morgan fingerprint density at radius 1 is 1.33 bits per heavy atom. The highest BCUT2D eigenvalue weighted by Crippen LogP contribution is 1.79. The summed E-state index contributed by atoms with van der Waals surface area (Å²) >= 11 is 0. The van der Waals surface area contributed by atoms with Crippen LogP contribution in [-0.2, 0) is 9.59 Å². The lowest BCUT2D eigenvalue weighted by molar-refractivity contribution is -0.133. The number of aliphatic carboxylic acids is 1. The number of hydrogen-bond acceptors (Lipinski definition) is 3. The van der Waals surface area contributed by atoms with Crippen LogP contribution in [0.2, 0.25) is 0 Å². The summed E-state index contributed by atoms with van der Waals surface area (Å²) < 4.78 is 0. The van der Waals surface area contributed by atoms with Crippen molar-refractivity contribution in [2.45, 2.75) is 0 Å². The van der Waals surface area contributed by atoms with Gasteiger partial charge in [0.1, 0.15) is 5.70 Å². The van der Waals surface area contributed by atoms with Crippen LogP contribution < -0.4 is 11.5 Å². The van der Waals surface area contributed by atoms with E-state index in [1.54, 1.807) is 0 Å². The van der Waals surface area contributed by atoms with E-state index < -0.39 is 17.6 Å². The van der Waals surface area contributed by atoms with Crippen LogP contribution in [0.25, 0.3) is 0 Å². The number of carbonyl (C=O) groups excluding carboxylic acids is 1. The monoisotopic (exact) mass is 130 g/mol. The van der Waals surface area contributed by atoms with Gasteiger partial charge in [-0.3, -0.25) is 4.79 Å². The van der Waals surface area contributed by atoms with E-state index in [4.69, 9.17) is 10.8 Å². The van der Waals surface area contributed by atoms with Gasteiger partial charge in [0.05, 0.1) is 0 Å². The molecule has 0 bridgehead atoms. The standard InChI is InChI=1S/C4H6N2O3/c5-2(4(8)9)1-3(6)7/h1H,5H2,(H2,6,7)(H,8,9)/b2-1+. The molecule has 0 atom stereocenters. The minimum atomic E-state index is -1.35. The van der Waals surface area contributed by atoms with E-state index in [2.05, 4.69) is 5.73 Å². The zero-order valence-corrected chi connectivity index (χ0v) is 4.50. The van der Waals surface area contributed by atoms with E-state index in [1.165, 1.54) is 0 Å². The Hall–Kier alpha value is -1.52. The van der Waals surface area contributed by atoms with Gasteiger partial charge in [0.2, 0.25) is 5.91 Å². The van der Waals surface area contributed by atoms with Crippen molar-refractivity contribution >= 4 is 11.9 Å². The number of carboxylic acids is 1. The van der Waals surface area contributed by atoms with Crippen LogP contribution in [0.15, 0.2) is 11.8 Å². The Labute approximate surface area is 50.9 Å². The molecule has 0 aromatic rings. The summed E-state index contributed by atoms with van der Waals surface area (Å²) in [7, 11) is 0. The van der Waals surface area contributed by atoms with Crippen LogP contribution in [0.3, 0.4) is 0 Å². The molecule has 50 valence electrons. The lowest BCUT2D eigenvalue weighted by Gasteiger charge is -1.87. The molecular weight excluding hydrogens is 124 g/mol. The van der Waals surface area contributed by atoms with Gasteiger partial charge in [-0.25, -0.2) is 4.79 Å². The van der Waals surface area contributed by atoms with Gasteiger partial charge in [-0.1, -0.05) is 0 Å². The van der Waals surface area contributed by atoms with Crippen molar-refractivity contribution < 1.29 is 14.7 Å². The Bertz CT molecular complexity index is 173.